The predicted molar refractivity (Wildman–Crippen MR) is 53.6 cm³/mol. The van der Waals surface area contributed by atoms with Crippen LogP contribution in [0.2, 0.25) is 10.3 Å². The van der Waals surface area contributed by atoms with E-state index in [0.29, 0.717) is 5.69 Å². The van der Waals surface area contributed by atoms with Crippen LogP contribution in [0, 0.1) is 0 Å². The van der Waals surface area contributed by atoms with Gasteiger partial charge in [-0.05, 0) is 0 Å². The molecule has 0 aromatic carbocycles. The molecule has 0 spiro atoms. The van der Waals surface area contributed by atoms with Gasteiger partial charge in [0.1, 0.15) is 0 Å². The maximum Gasteiger partial charge on any atom is 0.252 e. The normalized spacial score (nSPS) is 19.7. The Morgan fingerprint density at radius 1 is 1.33 bits per heavy atom. The molecule has 0 radical (unpaired) electrons. The van der Waals surface area contributed by atoms with Crippen LogP contribution in [0.3, 0.4) is 0 Å². The molecule has 0 amide bonds. The van der Waals surface area contributed by atoms with Gasteiger partial charge in [-0.3, -0.25) is 0 Å². The summed E-state index contributed by atoms with van der Waals surface area (Å²) in [4.78, 5) is 0. The minimum absolute atomic E-state index is 0.134. The van der Waals surface area contributed by atoms with Crippen LogP contribution in [-0.2, 0) is 0 Å². The van der Waals surface area contributed by atoms with Gasteiger partial charge >= 0.3 is 0 Å². The Labute approximate surface area is 94.8 Å². The first-order chi connectivity index (χ1) is 6.96. The molecule has 1 aliphatic carbocycles. The van der Waals surface area contributed by atoms with Crippen molar-refractivity contribution in [2.45, 2.75) is 24.8 Å². The van der Waals surface area contributed by atoms with Crippen LogP contribution in [0.5, 0.6) is 0 Å². The van der Waals surface area contributed by atoms with Gasteiger partial charge in [-0.25, -0.2) is 8.78 Å². The second-order valence-corrected chi connectivity index (χ2v) is 4.22. The Hall–Kier alpha value is -0.680. The number of halogens is 4. The molecule has 1 saturated carbocycles. The first kappa shape index (κ1) is 10.8. The summed E-state index contributed by atoms with van der Waals surface area (Å²) in [6, 6.07) is 1.19. The molecule has 1 aliphatic rings. The molecule has 1 heterocycles. The molecule has 3 nitrogen and oxygen atoms in total. The van der Waals surface area contributed by atoms with Crippen molar-refractivity contribution in [2.24, 2.45) is 0 Å². The summed E-state index contributed by atoms with van der Waals surface area (Å²) in [5.74, 6) is -2.56. The van der Waals surface area contributed by atoms with E-state index in [1.807, 2.05) is 0 Å². The third kappa shape index (κ3) is 2.46. The summed E-state index contributed by atoms with van der Waals surface area (Å²) >= 11 is 11.3. The highest BCUT2D eigenvalue weighted by Crippen LogP contribution is 2.39. The zero-order chi connectivity index (χ0) is 11.1. The van der Waals surface area contributed by atoms with Crippen LogP contribution in [0.15, 0.2) is 6.07 Å². The molecule has 0 unspecified atom stereocenters. The van der Waals surface area contributed by atoms with Crippen LogP contribution in [0.1, 0.15) is 12.8 Å². The highest BCUT2D eigenvalue weighted by molar-refractivity contribution is 6.33. The van der Waals surface area contributed by atoms with Crippen molar-refractivity contribution in [2.75, 3.05) is 5.32 Å². The maximum atomic E-state index is 12.5. The number of rotatable bonds is 2. The lowest BCUT2D eigenvalue weighted by Crippen LogP contribution is -2.44. The Balaban J connectivity index is 2.03. The van der Waals surface area contributed by atoms with Gasteiger partial charge in [0.25, 0.3) is 5.92 Å². The third-order valence-electron chi connectivity index (χ3n) is 2.17. The van der Waals surface area contributed by atoms with E-state index in [9.17, 15) is 8.78 Å². The lowest BCUT2D eigenvalue weighted by Gasteiger charge is -2.35. The van der Waals surface area contributed by atoms with Gasteiger partial charge in [0.2, 0.25) is 0 Å². The van der Waals surface area contributed by atoms with Gasteiger partial charge in [-0.1, -0.05) is 23.2 Å². The molecule has 82 valence electrons. The van der Waals surface area contributed by atoms with Crippen molar-refractivity contribution in [3.63, 3.8) is 0 Å². The molecular weight excluding hydrogens is 247 g/mol. The van der Waals surface area contributed by atoms with E-state index in [1.165, 1.54) is 6.07 Å². The van der Waals surface area contributed by atoms with Gasteiger partial charge < -0.3 is 5.32 Å². The second-order valence-electron chi connectivity index (χ2n) is 3.48. The summed E-state index contributed by atoms with van der Waals surface area (Å²) in [6.45, 7) is 0. The van der Waals surface area contributed by atoms with Gasteiger partial charge in [-0.2, -0.15) is 0 Å². The van der Waals surface area contributed by atoms with E-state index in [0.717, 1.165) is 0 Å². The molecule has 1 aromatic heterocycles. The highest BCUT2D eigenvalue weighted by atomic mass is 35.5. The average molecular weight is 254 g/mol. The van der Waals surface area contributed by atoms with Crippen LogP contribution < -0.4 is 5.32 Å². The van der Waals surface area contributed by atoms with E-state index < -0.39 is 5.92 Å². The number of hydrogen-bond donors (Lipinski definition) is 1. The summed E-state index contributed by atoms with van der Waals surface area (Å²) in [5, 5.41) is 10.2. The molecule has 0 atom stereocenters. The average Bonchev–Trinajstić information content (AvgIpc) is 2.08. The van der Waals surface area contributed by atoms with Gasteiger partial charge in [0.15, 0.2) is 10.3 Å². The smallest absolute Gasteiger partial charge is 0.252 e. The van der Waals surface area contributed by atoms with Crippen molar-refractivity contribution in [3.8, 4) is 0 Å². The molecule has 2 rings (SSSR count). The summed E-state index contributed by atoms with van der Waals surface area (Å²) in [7, 11) is 0. The fourth-order valence-electron chi connectivity index (χ4n) is 1.44. The van der Waals surface area contributed by atoms with Crippen molar-refractivity contribution in [1.82, 2.24) is 10.2 Å². The largest absolute Gasteiger partial charge is 0.379 e. The first-order valence-corrected chi connectivity index (χ1v) is 5.05. The second kappa shape index (κ2) is 3.72. The monoisotopic (exact) mass is 253 g/mol. The van der Waals surface area contributed by atoms with Crippen molar-refractivity contribution >= 4 is 28.9 Å². The Kier molecular flexibility index (Phi) is 2.68. The number of nitrogens with one attached hydrogen (secondary N) is 1. The highest BCUT2D eigenvalue weighted by Gasteiger charge is 2.45. The van der Waals surface area contributed by atoms with E-state index in [2.05, 4.69) is 15.5 Å². The number of hydrogen-bond acceptors (Lipinski definition) is 3. The van der Waals surface area contributed by atoms with E-state index >= 15 is 0 Å². The molecule has 1 N–H and O–H groups in total. The summed E-state index contributed by atoms with van der Waals surface area (Å²) < 4.78 is 25.1. The molecule has 15 heavy (non-hydrogen) atoms. The van der Waals surface area contributed by atoms with Crippen LogP contribution in [-0.4, -0.2) is 22.2 Å². The van der Waals surface area contributed by atoms with Gasteiger partial charge in [0, 0.05) is 24.9 Å². The van der Waals surface area contributed by atoms with Crippen LogP contribution in [0.4, 0.5) is 14.5 Å². The van der Waals surface area contributed by atoms with Crippen LogP contribution >= 0.6 is 23.2 Å². The van der Waals surface area contributed by atoms with Gasteiger partial charge in [0.05, 0.1) is 5.69 Å². The number of alkyl halides is 2. The fraction of sp³-hybridized carbons (Fsp3) is 0.500. The minimum atomic E-state index is -2.56. The lowest BCUT2D eigenvalue weighted by atomic mass is 9.88. The zero-order valence-electron chi connectivity index (χ0n) is 7.48. The zero-order valence-corrected chi connectivity index (χ0v) is 8.99. The molecule has 0 aliphatic heterocycles. The van der Waals surface area contributed by atoms with E-state index in [-0.39, 0.29) is 29.2 Å². The topological polar surface area (TPSA) is 37.8 Å². The maximum absolute atomic E-state index is 12.5. The SMILES string of the molecule is FC1(F)CC(Nc2cc(Cl)nnc2Cl)C1. The van der Waals surface area contributed by atoms with Crippen molar-refractivity contribution in [1.29, 1.82) is 0 Å². The fourth-order valence-corrected chi connectivity index (χ4v) is 1.73. The third-order valence-corrected chi connectivity index (χ3v) is 2.63. The van der Waals surface area contributed by atoms with E-state index in [1.54, 1.807) is 0 Å². The Morgan fingerprint density at radius 2 is 2.00 bits per heavy atom. The summed E-state index contributed by atoms with van der Waals surface area (Å²) in [6.07, 6.45) is -0.382. The number of anilines is 1. The molecule has 0 bridgehead atoms. The molecule has 0 saturated heterocycles. The molecule has 1 fully saturated rings. The van der Waals surface area contributed by atoms with E-state index in [4.69, 9.17) is 23.2 Å². The van der Waals surface area contributed by atoms with Crippen molar-refractivity contribution < 1.29 is 8.78 Å². The van der Waals surface area contributed by atoms with Gasteiger partial charge in [-0.15, -0.1) is 10.2 Å². The quantitative estimate of drug-likeness (QED) is 0.881. The number of aromatic nitrogens is 2. The summed E-state index contributed by atoms with van der Waals surface area (Å²) in [5.41, 5.74) is 0.442. The van der Waals surface area contributed by atoms with Crippen molar-refractivity contribution in [3.05, 3.63) is 16.4 Å². The first-order valence-electron chi connectivity index (χ1n) is 4.29. The molecular formula is C8H7Cl2F2N3. The lowest BCUT2D eigenvalue weighted by molar-refractivity contribution is -0.0793. The molecule has 1 aromatic rings. The predicted octanol–water partition coefficient (Wildman–Crippen LogP) is 2.99. The molecule has 7 heteroatoms. The van der Waals surface area contributed by atoms with Crippen LogP contribution in [0.25, 0.3) is 0 Å². The minimum Gasteiger partial charge on any atom is -0.379 e. The Bertz CT molecular complexity index is 378. The standard InChI is InChI=1S/C8H7Cl2F2N3/c9-6-1-5(7(10)15-14-6)13-4-2-8(11,12)3-4/h1,4H,2-3H2,(H,13,14). The Morgan fingerprint density at radius 3 is 2.60 bits per heavy atom. The number of nitrogens with zero attached hydrogens (tertiary/aromatic N) is 2.